The summed E-state index contributed by atoms with van der Waals surface area (Å²) in [6.07, 6.45) is -0.504. The van der Waals surface area contributed by atoms with Crippen LogP contribution in [-0.4, -0.2) is 24.1 Å². The summed E-state index contributed by atoms with van der Waals surface area (Å²) < 4.78 is 4.98. The molecule has 86 valence electrons. The van der Waals surface area contributed by atoms with Crippen molar-refractivity contribution < 1.29 is 19.4 Å². The standard InChI is InChI=1S/C11H13NO4/c1-16-9-4-2-8(3-5-9)7-12-10(13)6-11(14)15/h2-5H,6-7H2,1H3,(H,12,13)(H,14,15). The molecule has 1 amide bonds. The van der Waals surface area contributed by atoms with Gasteiger partial charge in [-0.25, -0.2) is 0 Å². The maximum Gasteiger partial charge on any atom is 0.312 e. The lowest BCUT2D eigenvalue weighted by molar-refractivity contribution is -0.140. The molecule has 1 aromatic rings. The third-order valence-corrected chi connectivity index (χ3v) is 1.96. The summed E-state index contributed by atoms with van der Waals surface area (Å²) >= 11 is 0. The monoisotopic (exact) mass is 223 g/mol. The van der Waals surface area contributed by atoms with Gasteiger partial charge in [0, 0.05) is 6.54 Å². The second-order valence-corrected chi connectivity index (χ2v) is 3.20. The lowest BCUT2D eigenvalue weighted by atomic mass is 10.2. The molecule has 1 aromatic carbocycles. The number of benzene rings is 1. The second-order valence-electron chi connectivity index (χ2n) is 3.20. The van der Waals surface area contributed by atoms with Crippen molar-refractivity contribution in [2.24, 2.45) is 0 Å². The summed E-state index contributed by atoms with van der Waals surface area (Å²) in [6.45, 7) is 0.316. The predicted molar refractivity (Wildman–Crippen MR) is 57.1 cm³/mol. The molecular weight excluding hydrogens is 210 g/mol. The van der Waals surface area contributed by atoms with Crippen molar-refractivity contribution in [1.82, 2.24) is 5.32 Å². The molecule has 0 aliphatic heterocycles. The van der Waals surface area contributed by atoms with Crippen molar-refractivity contribution in [3.63, 3.8) is 0 Å². The van der Waals surface area contributed by atoms with E-state index in [2.05, 4.69) is 5.32 Å². The number of carbonyl (C=O) groups excluding carboxylic acids is 1. The first-order valence-corrected chi connectivity index (χ1v) is 4.73. The average Bonchev–Trinajstić information content (AvgIpc) is 2.26. The lowest BCUT2D eigenvalue weighted by Gasteiger charge is -2.04. The number of hydrogen-bond donors (Lipinski definition) is 2. The zero-order valence-corrected chi connectivity index (χ0v) is 8.90. The van der Waals surface area contributed by atoms with Crippen molar-refractivity contribution in [1.29, 1.82) is 0 Å². The molecular formula is C11H13NO4. The van der Waals surface area contributed by atoms with Crippen molar-refractivity contribution >= 4 is 11.9 Å². The van der Waals surface area contributed by atoms with Gasteiger partial charge in [-0.3, -0.25) is 9.59 Å². The molecule has 0 aliphatic carbocycles. The van der Waals surface area contributed by atoms with Gasteiger partial charge in [0.2, 0.25) is 5.91 Å². The Bertz CT molecular complexity index is 372. The Labute approximate surface area is 93.0 Å². The maximum absolute atomic E-state index is 11.0. The Hall–Kier alpha value is -2.04. The second kappa shape index (κ2) is 5.75. The van der Waals surface area contributed by atoms with Gasteiger partial charge < -0.3 is 15.2 Å². The van der Waals surface area contributed by atoms with E-state index in [9.17, 15) is 9.59 Å². The molecule has 1 rings (SSSR count). The summed E-state index contributed by atoms with van der Waals surface area (Å²) in [6, 6.07) is 7.16. The van der Waals surface area contributed by atoms with Crippen LogP contribution in [0.1, 0.15) is 12.0 Å². The van der Waals surface area contributed by atoms with Gasteiger partial charge in [-0.2, -0.15) is 0 Å². The molecule has 16 heavy (non-hydrogen) atoms. The smallest absolute Gasteiger partial charge is 0.312 e. The summed E-state index contributed by atoms with van der Waals surface area (Å²) in [5.41, 5.74) is 0.888. The van der Waals surface area contributed by atoms with Crippen LogP contribution in [0.15, 0.2) is 24.3 Å². The van der Waals surface area contributed by atoms with Gasteiger partial charge in [0.05, 0.1) is 7.11 Å². The Morgan fingerprint density at radius 1 is 1.31 bits per heavy atom. The fourth-order valence-corrected chi connectivity index (χ4v) is 1.14. The number of ether oxygens (including phenoxy) is 1. The van der Waals surface area contributed by atoms with Crippen LogP contribution in [0.25, 0.3) is 0 Å². The molecule has 0 aliphatic rings. The van der Waals surface area contributed by atoms with Crippen LogP contribution in [0.2, 0.25) is 0 Å². The van der Waals surface area contributed by atoms with E-state index in [1.54, 1.807) is 31.4 Å². The van der Waals surface area contributed by atoms with E-state index in [1.165, 1.54) is 0 Å². The van der Waals surface area contributed by atoms with Crippen molar-refractivity contribution in [2.45, 2.75) is 13.0 Å². The van der Waals surface area contributed by atoms with E-state index >= 15 is 0 Å². The number of carbonyl (C=O) groups is 2. The lowest BCUT2D eigenvalue weighted by Crippen LogP contribution is -2.24. The van der Waals surface area contributed by atoms with Gasteiger partial charge in [-0.05, 0) is 17.7 Å². The van der Waals surface area contributed by atoms with Crippen molar-refractivity contribution in [2.75, 3.05) is 7.11 Å². The first-order chi connectivity index (χ1) is 7.61. The highest BCUT2D eigenvalue weighted by molar-refractivity contribution is 5.93. The van der Waals surface area contributed by atoms with Crippen LogP contribution in [-0.2, 0) is 16.1 Å². The topological polar surface area (TPSA) is 75.6 Å². The summed E-state index contributed by atoms with van der Waals surface area (Å²) in [7, 11) is 1.57. The van der Waals surface area contributed by atoms with Gasteiger partial charge in [0.15, 0.2) is 0 Å². The van der Waals surface area contributed by atoms with Crippen molar-refractivity contribution in [3.8, 4) is 5.75 Å². The third kappa shape index (κ3) is 4.00. The molecule has 0 saturated carbocycles. The maximum atomic E-state index is 11.0. The number of hydrogen-bond acceptors (Lipinski definition) is 3. The Kier molecular flexibility index (Phi) is 4.32. The molecule has 0 spiro atoms. The van der Waals surface area contributed by atoms with Gasteiger partial charge in [0.1, 0.15) is 12.2 Å². The van der Waals surface area contributed by atoms with Gasteiger partial charge in [0.25, 0.3) is 0 Å². The average molecular weight is 223 g/mol. The Morgan fingerprint density at radius 2 is 1.94 bits per heavy atom. The summed E-state index contributed by atoms with van der Waals surface area (Å²) in [4.78, 5) is 21.3. The SMILES string of the molecule is COc1ccc(CNC(=O)CC(=O)O)cc1. The largest absolute Gasteiger partial charge is 0.497 e. The predicted octanol–water partition coefficient (Wildman–Crippen LogP) is 0.786. The number of carboxylic acids is 1. The molecule has 0 aromatic heterocycles. The first kappa shape index (κ1) is 12.0. The van der Waals surface area contributed by atoms with Crippen LogP contribution in [0, 0.1) is 0 Å². The van der Waals surface area contributed by atoms with Gasteiger partial charge in [-0.1, -0.05) is 12.1 Å². The third-order valence-electron chi connectivity index (χ3n) is 1.96. The highest BCUT2D eigenvalue weighted by Crippen LogP contribution is 2.10. The fraction of sp³-hybridized carbons (Fsp3) is 0.273. The van der Waals surface area contributed by atoms with Gasteiger partial charge >= 0.3 is 5.97 Å². The summed E-state index contributed by atoms with van der Waals surface area (Å²) in [5, 5.41) is 10.9. The van der Waals surface area contributed by atoms with E-state index in [0.29, 0.717) is 6.54 Å². The zero-order valence-electron chi connectivity index (χ0n) is 8.90. The van der Waals surface area contributed by atoms with Crippen LogP contribution in [0.5, 0.6) is 5.75 Å². The zero-order chi connectivity index (χ0) is 12.0. The van der Waals surface area contributed by atoms with E-state index in [0.717, 1.165) is 11.3 Å². The van der Waals surface area contributed by atoms with Crippen LogP contribution in [0.3, 0.4) is 0 Å². The molecule has 5 heteroatoms. The van der Waals surface area contributed by atoms with Crippen LogP contribution in [0.4, 0.5) is 0 Å². The van der Waals surface area contributed by atoms with Crippen molar-refractivity contribution in [3.05, 3.63) is 29.8 Å². The molecule has 0 heterocycles. The molecule has 0 radical (unpaired) electrons. The minimum atomic E-state index is -1.13. The highest BCUT2D eigenvalue weighted by Gasteiger charge is 2.06. The van der Waals surface area contributed by atoms with Gasteiger partial charge in [-0.15, -0.1) is 0 Å². The number of nitrogens with one attached hydrogen (secondary N) is 1. The molecule has 0 bridgehead atoms. The van der Waals surface area contributed by atoms with E-state index < -0.39 is 18.3 Å². The summed E-state index contributed by atoms with van der Waals surface area (Å²) in [5.74, 6) is -0.892. The molecule has 0 unspecified atom stereocenters. The molecule has 0 atom stereocenters. The van der Waals surface area contributed by atoms with E-state index in [1.807, 2.05) is 0 Å². The minimum absolute atomic E-state index is 0.316. The quantitative estimate of drug-likeness (QED) is 0.723. The minimum Gasteiger partial charge on any atom is -0.497 e. The fourth-order valence-electron chi connectivity index (χ4n) is 1.14. The first-order valence-electron chi connectivity index (χ1n) is 4.73. The van der Waals surface area contributed by atoms with Crippen LogP contribution >= 0.6 is 0 Å². The number of carboxylic acid groups (broad SMARTS) is 1. The Morgan fingerprint density at radius 3 is 2.44 bits per heavy atom. The van der Waals surface area contributed by atoms with Crippen LogP contribution < -0.4 is 10.1 Å². The van der Waals surface area contributed by atoms with E-state index in [-0.39, 0.29) is 0 Å². The molecule has 0 fully saturated rings. The highest BCUT2D eigenvalue weighted by atomic mass is 16.5. The van der Waals surface area contributed by atoms with E-state index in [4.69, 9.17) is 9.84 Å². The molecule has 5 nitrogen and oxygen atoms in total. The number of methoxy groups -OCH3 is 1. The number of rotatable bonds is 5. The molecule has 0 saturated heterocycles. The Balaban J connectivity index is 2.42. The molecule has 2 N–H and O–H groups in total. The number of amides is 1. The number of aliphatic carboxylic acids is 1. The normalized spacial score (nSPS) is 9.56.